The van der Waals surface area contributed by atoms with Crippen molar-refractivity contribution in [3.8, 4) is 0 Å². The second-order valence-corrected chi connectivity index (χ2v) is 3.68. The first kappa shape index (κ1) is 14.5. The monoisotopic (exact) mass is 263 g/mol. The summed E-state index contributed by atoms with van der Waals surface area (Å²) in [5.74, 6) is -0.665. The zero-order valence-electron chi connectivity index (χ0n) is 10.9. The largest absolute Gasteiger partial charge is 0.462 e. The minimum Gasteiger partial charge on any atom is -0.462 e. The van der Waals surface area contributed by atoms with Gasteiger partial charge in [-0.15, -0.1) is 0 Å². The van der Waals surface area contributed by atoms with Crippen LogP contribution in [0.2, 0.25) is 0 Å². The number of hydrogen-bond donors (Lipinski definition) is 3. The summed E-state index contributed by atoms with van der Waals surface area (Å²) < 4.78 is 4.95. The molecule has 0 heterocycles. The Bertz CT molecular complexity index is 533. The highest BCUT2D eigenvalue weighted by Gasteiger charge is 2.12. The first-order chi connectivity index (χ1) is 8.95. The van der Waals surface area contributed by atoms with Gasteiger partial charge >= 0.3 is 5.97 Å². The molecule has 7 nitrogen and oxygen atoms in total. The fourth-order valence-electron chi connectivity index (χ4n) is 1.46. The van der Waals surface area contributed by atoms with Gasteiger partial charge in [0.05, 0.1) is 17.9 Å². The molecule has 0 bridgehead atoms. The highest BCUT2D eigenvalue weighted by molar-refractivity contribution is 5.95. The van der Waals surface area contributed by atoms with E-state index in [0.29, 0.717) is 23.4 Å². The van der Waals surface area contributed by atoms with E-state index in [1.54, 1.807) is 32.0 Å². The van der Waals surface area contributed by atoms with E-state index in [-0.39, 0.29) is 11.9 Å². The Morgan fingerprint density at radius 2 is 2.00 bits per heavy atom. The molecule has 0 fully saturated rings. The lowest BCUT2D eigenvalue weighted by molar-refractivity contribution is 0.0525. The minimum atomic E-state index is -0.405. The van der Waals surface area contributed by atoms with Crippen LogP contribution >= 0.6 is 0 Å². The molecule has 0 atom stereocenters. The van der Waals surface area contributed by atoms with Crippen LogP contribution in [0.1, 0.15) is 22.8 Å². The number of esters is 1. The zero-order chi connectivity index (χ0) is 14.4. The number of carbonyl (C=O) groups excluding carboxylic acids is 1. The van der Waals surface area contributed by atoms with E-state index in [9.17, 15) is 4.79 Å². The Morgan fingerprint density at radius 1 is 1.32 bits per heavy atom. The number of carbonyl (C=O) groups is 1. The number of benzene rings is 1. The molecular formula is C12H17N5O2. The van der Waals surface area contributed by atoms with Crippen molar-refractivity contribution >= 4 is 23.6 Å². The van der Waals surface area contributed by atoms with Crippen molar-refractivity contribution in [3.05, 3.63) is 29.3 Å². The molecule has 0 aliphatic heterocycles. The molecule has 0 amide bonds. The van der Waals surface area contributed by atoms with E-state index in [1.807, 2.05) is 0 Å². The molecular weight excluding hydrogens is 246 g/mol. The second-order valence-electron chi connectivity index (χ2n) is 3.68. The van der Waals surface area contributed by atoms with Gasteiger partial charge in [0.15, 0.2) is 5.96 Å². The third-order valence-electron chi connectivity index (χ3n) is 2.28. The summed E-state index contributed by atoms with van der Waals surface area (Å²) in [6.45, 7) is 3.79. The van der Waals surface area contributed by atoms with Gasteiger partial charge in [0, 0.05) is 0 Å². The predicted molar refractivity (Wildman–Crippen MR) is 74.2 cm³/mol. The number of guanidine groups is 2. The van der Waals surface area contributed by atoms with Gasteiger partial charge in [0.2, 0.25) is 5.96 Å². The minimum absolute atomic E-state index is 0.0795. The normalized spacial score (nSPS) is 10.9. The summed E-state index contributed by atoms with van der Waals surface area (Å²) in [5.41, 5.74) is 17.5. The fourth-order valence-corrected chi connectivity index (χ4v) is 1.46. The zero-order valence-corrected chi connectivity index (χ0v) is 10.9. The van der Waals surface area contributed by atoms with Crippen LogP contribution in [0.3, 0.4) is 0 Å². The lowest BCUT2D eigenvalue weighted by Crippen LogP contribution is -2.26. The van der Waals surface area contributed by atoms with Gasteiger partial charge in [0.25, 0.3) is 0 Å². The van der Waals surface area contributed by atoms with Crippen molar-refractivity contribution in [1.82, 2.24) is 0 Å². The maximum absolute atomic E-state index is 11.7. The molecule has 7 heteroatoms. The molecule has 0 aliphatic carbocycles. The molecule has 19 heavy (non-hydrogen) atoms. The van der Waals surface area contributed by atoms with E-state index < -0.39 is 5.97 Å². The van der Waals surface area contributed by atoms with Gasteiger partial charge < -0.3 is 21.9 Å². The lowest BCUT2D eigenvalue weighted by Gasteiger charge is -2.07. The average molecular weight is 263 g/mol. The Balaban J connectivity index is 3.15. The lowest BCUT2D eigenvalue weighted by atomic mass is 10.1. The maximum Gasteiger partial charge on any atom is 0.338 e. The van der Waals surface area contributed by atoms with Crippen molar-refractivity contribution in [3.63, 3.8) is 0 Å². The molecule has 1 aromatic rings. The third kappa shape index (κ3) is 3.98. The van der Waals surface area contributed by atoms with Crippen LogP contribution in [-0.2, 0) is 4.74 Å². The van der Waals surface area contributed by atoms with Crippen molar-refractivity contribution in [2.75, 3.05) is 6.61 Å². The first-order valence-electron chi connectivity index (χ1n) is 5.66. The smallest absolute Gasteiger partial charge is 0.338 e. The number of aliphatic imine (C=N–C) groups is 2. The van der Waals surface area contributed by atoms with Crippen LogP contribution in [0.5, 0.6) is 0 Å². The number of nitrogens with zero attached hydrogens (tertiary/aromatic N) is 2. The molecule has 102 valence electrons. The summed E-state index contributed by atoms with van der Waals surface area (Å²) in [7, 11) is 0. The maximum atomic E-state index is 11.7. The summed E-state index contributed by atoms with van der Waals surface area (Å²) in [4.78, 5) is 19.4. The third-order valence-corrected chi connectivity index (χ3v) is 2.28. The number of ether oxygens (including phenoxy) is 1. The van der Waals surface area contributed by atoms with Crippen molar-refractivity contribution in [2.24, 2.45) is 27.2 Å². The second kappa shape index (κ2) is 6.39. The summed E-state index contributed by atoms with van der Waals surface area (Å²) in [6.07, 6.45) is 0. The van der Waals surface area contributed by atoms with Crippen molar-refractivity contribution in [2.45, 2.75) is 13.8 Å². The quantitative estimate of drug-likeness (QED) is 0.412. The van der Waals surface area contributed by atoms with Crippen LogP contribution in [0, 0.1) is 6.92 Å². The molecule has 1 rings (SSSR count). The molecule has 1 aromatic carbocycles. The standard InChI is InChI=1S/C12H17N5O2/c1-3-19-10(18)8-5-4-6-9(7(8)2)16-12(15)17-11(13)14/h4-6H,3H2,1-2H3,(H6,13,14,15,16,17). The van der Waals surface area contributed by atoms with E-state index in [4.69, 9.17) is 21.9 Å². The van der Waals surface area contributed by atoms with Gasteiger partial charge in [-0.1, -0.05) is 6.07 Å². The van der Waals surface area contributed by atoms with Gasteiger partial charge in [-0.05, 0) is 31.5 Å². The Labute approximate surface area is 111 Å². The Morgan fingerprint density at radius 3 is 2.58 bits per heavy atom. The first-order valence-corrected chi connectivity index (χ1v) is 5.66. The molecule has 0 saturated heterocycles. The number of rotatable bonds is 3. The number of hydrogen-bond acceptors (Lipinski definition) is 3. The molecule has 0 unspecified atom stereocenters. The van der Waals surface area contributed by atoms with E-state index in [0.717, 1.165) is 0 Å². The van der Waals surface area contributed by atoms with E-state index in [2.05, 4.69) is 9.98 Å². The molecule has 0 saturated carbocycles. The summed E-state index contributed by atoms with van der Waals surface area (Å²) >= 11 is 0. The molecule has 0 radical (unpaired) electrons. The highest BCUT2D eigenvalue weighted by atomic mass is 16.5. The Kier molecular flexibility index (Phi) is 4.87. The van der Waals surface area contributed by atoms with Gasteiger partial charge in [-0.3, -0.25) is 0 Å². The van der Waals surface area contributed by atoms with Crippen LogP contribution in [0.25, 0.3) is 0 Å². The van der Waals surface area contributed by atoms with E-state index in [1.165, 1.54) is 0 Å². The molecule has 0 spiro atoms. The SMILES string of the molecule is CCOC(=O)c1cccc(N=C(N)N=C(N)N)c1C. The fraction of sp³-hybridized carbons (Fsp3) is 0.250. The molecule has 0 aromatic heterocycles. The predicted octanol–water partition coefficient (Wildman–Crippen LogP) is 0.391. The molecule has 0 aliphatic rings. The summed E-state index contributed by atoms with van der Waals surface area (Å²) in [5, 5.41) is 0. The van der Waals surface area contributed by atoms with Gasteiger partial charge in [-0.2, -0.15) is 4.99 Å². The van der Waals surface area contributed by atoms with Crippen LogP contribution in [-0.4, -0.2) is 24.5 Å². The van der Waals surface area contributed by atoms with Gasteiger partial charge in [0.1, 0.15) is 0 Å². The van der Waals surface area contributed by atoms with Crippen LogP contribution in [0.15, 0.2) is 28.2 Å². The molecule has 6 N–H and O–H groups in total. The van der Waals surface area contributed by atoms with Gasteiger partial charge in [-0.25, -0.2) is 9.79 Å². The van der Waals surface area contributed by atoms with Crippen LogP contribution in [0.4, 0.5) is 5.69 Å². The van der Waals surface area contributed by atoms with Crippen molar-refractivity contribution in [1.29, 1.82) is 0 Å². The highest BCUT2D eigenvalue weighted by Crippen LogP contribution is 2.22. The topological polar surface area (TPSA) is 129 Å². The summed E-state index contributed by atoms with van der Waals surface area (Å²) in [6, 6.07) is 5.04. The van der Waals surface area contributed by atoms with Crippen molar-refractivity contribution < 1.29 is 9.53 Å². The van der Waals surface area contributed by atoms with Crippen LogP contribution < -0.4 is 17.2 Å². The number of nitrogens with two attached hydrogens (primary N) is 3. The average Bonchev–Trinajstić information content (AvgIpc) is 2.31. The Hall–Kier alpha value is -2.57. The van der Waals surface area contributed by atoms with E-state index >= 15 is 0 Å².